The van der Waals surface area contributed by atoms with Crippen LogP contribution >= 0.6 is 0 Å². The van der Waals surface area contributed by atoms with E-state index in [-0.39, 0.29) is 22.5 Å². The van der Waals surface area contributed by atoms with Crippen LogP contribution in [0.4, 0.5) is 5.82 Å². The fourth-order valence-electron chi connectivity index (χ4n) is 4.69. The van der Waals surface area contributed by atoms with E-state index in [1.54, 1.807) is 24.3 Å². The van der Waals surface area contributed by atoms with Crippen molar-refractivity contribution < 1.29 is 4.74 Å². The maximum atomic E-state index is 12.4. The van der Waals surface area contributed by atoms with Crippen LogP contribution in [0.5, 0.6) is 5.75 Å². The molecule has 0 spiro atoms. The fourth-order valence-corrected chi connectivity index (χ4v) is 4.69. The topological polar surface area (TPSA) is 116 Å². The van der Waals surface area contributed by atoms with E-state index in [1.165, 1.54) is 0 Å². The van der Waals surface area contributed by atoms with E-state index in [1.807, 2.05) is 103 Å². The van der Waals surface area contributed by atoms with E-state index in [0.29, 0.717) is 11.3 Å². The first-order valence-electron chi connectivity index (χ1n) is 11.9. The number of nitrogens with two attached hydrogens (primary N) is 1. The maximum Gasteiger partial charge on any atom is 0.268 e. The van der Waals surface area contributed by atoms with Gasteiger partial charge in [-0.1, -0.05) is 103 Å². The number of hydrogen-bond donors (Lipinski definition) is 2. The predicted octanol–water partition coefficient (Wildman–Crippen LogP) is 5.74. The van der Waals surface area contributed by atoms with Gasteiger partial charge in [0.15, 0.2) is 5.60 Å². The van der Waals surface area contributed by atoms with Crippen LogP contribution in [-0.4, -0.2) is 4.98 Å². The zero-order chi connectivity index (χ0) is 26.5. The average Bonchev–Trinajstić information content (AvgIpc) is 2.97. The summed E-state index contributed by atoms with van der Waals surface area (Å²) in [5, 5.41) is 19.3. The van der Waals surface area contributed by atoms with Gasteiger partial charge in [0.05, 0.1) is 0 Å². The summed E-state index contributed by atoms with van der Waals surface area (Å²) < 4.78 is 6.89. The lowest BCUT2D eigenvalue weighted by atomic mass is 9.80. The van der Waals surface area contributed by atoms with Crippen LogP contribution in [0.3, 0.4) is 0 Å². The van der Waals surface area contributed by atoms with E-state index in [4.69, 9.17) is 10.5 Å². The van der Waals surface area contributed by atoms with Gasteiger partial charge in [0, 0.05) is 22.3 Å². The van der Waals surface area contributed by atoms with Gasteiger partial charge in [-0.25, -0.2) is 0 Å². The number of nitrogen functional groups attached to an aromatic ring is 1. The molecule has 0 saturated heterocycles. The normalized spacial score (nSPS) is 10.8. The Morgan fingerprint density at radius 2 is 1.11 bits per heavy atom. The van der Waals surface area contributed by atoms with Crippen LogP contribution in [0.15, 0.2) is 120 Å². The quantitative estimate of drug-likeness (QED) is 0.292. The Labute approximate surface area is 219 Å². The number of benzene rings is 4. The van der Waals surface area contributed by atoms with Gasteiger partial charge in [0.1, 0.15) is 34.8 Å². The molecular formula is C32H22N4O2. The molecule has 5 rings (SSSR count). The van der Waals surface area contributed by atoms with Crippen LogP contribution in [0.2, 0.25) is 0 Å². The number of hydrogen-bond acceptors (Lipinski definition) is 5. The molecule has 1 aromatic heterocycles. The molecule has 1 heterocycles. The molecule has 182 valence electrons. The standard InChI is InChI=1S/C32H22N4O2/c33-20-27-29(28(21-34)31(37)36-30(27)35)22-16-18-26(19-17-22)38-32(23-10-4-1-5-11-23,24-12-6-2-7-13-24)25-14-8-3-9-15-25/h1-19H,(H3,35,36,37). The van der Waals surface area contributed by atoms with Crippen LogP contribution in [0.1, 0.15) is 27.8 Å². The molecule has 0 atom stereocenters. The van der Waals surface area contributed by atoms with Crippen molar-refractivity contribution in [3.8, 4) is 29.0 Å². The summed E-state index contributed by atoms with van der Waals surface area (Å²) in [5.74, 6) is 0.475. The third-order valence-electron chi connectivity index (χ3n) is 6.42. The van der Waals surface area contributed by atoms with Crippen molar-refractivity contribution >= 4 is 5.82 Å². The molecule has 6 heteroatoms. The van der Waals surface area contributed by atoms with Gasteiger partial charge < -0.3 is 15.5 Å². The lowest BCUT2D eigenvalue weighted by molar-refractivity contribution is 0.155. The Bertz CT molecular complexity index is 1620. The largest absolute Gasteiger partial charge is 0.473 e. The molecule has 0 unspecified atom stereocenters. The first-order chi connectivity index (χ1) is 18.6. The van der Waals surface area contributed by atoms with Crippen molar-refractivity contribution in [2.45, 2.75) is 5.60 Å². The SMILES string of the molecule is N#Cc1c(N)[nH]c(=O)c(C#N)c1-c1ccc(OC(c2ccccc2)(c2ccccc2)c2ccccc2)cc1. The van der Waals surface area contributed by atoms with Crippen LogP contribution < -0.4 is 16.0 Å². The number of nitrogens with zero attached hydrogens (tertiary/aromatic N) is 2. The number of nitriles is 2. The maximum absolute atomic E-state index is 12.4. The molecule has 0 aliphatic rings. The second-order valence-electron chi connectivity index (χ2n) is 8.62. The Morgan fingerprint density at radius 3 is 1.53 bits per heavy atom. The minimum absolute atomic E-state index is 0.0435. The summed E-state index contributed by atoms with van der Waals surface area (Å²) in [6.45, 7) is 0. The summed E-state index contributed by atoms with van der Waals surface area (Å²) in [7, 11) is 0. The number of ether oxygens (including phenoxy) is 1. The zero-order valence-electron chi connectivity index (χ0n) is 20.3. The van der Waals surface area contributed by atoms with Gasteiger partial charge in [-0.15, -0.1) is 0 Å². The highest BCUT2D eigenvalue weighted by Crippen LogP contribution is 2.41. The Balaban J connectivity index is 1.68. The highest BCUT2D eigenvalue weighted by atomic mass is 16.5. The van der Waals surface area contributed by atoms with Gasteiger partial charge in [-0.05, 0) is 17.7 Å². The van der Waals surface area contributed by atoms with Gasteiger partial charge >= 0.3 is 0 Å². The van der Waals surface area contributed by atoms with Crippen molar-refractivity contribution in [2.24, 2.45) is 0 Å². The molecule has 0 aliphatic carbocycles. The molecule has 0 amide bonds. The number of rotatable bonds is 6. The predicted molar refractivity (Wildman–Crippen MR) is 146 cm³/mol. The average molecular weight is 495 g/mol. The second kappa shape index (κ2) is 10.2. The van der Waals surface area contributed by atoms with E-state index in [2.05, 4.69) is 4.98 Å². The summed E-state index contributed by atoms with van der Waals surface area (Å²) in [6.07, 6.45) is 0. The highest BCUT2D eigenvalue weighted by Gasteiger charge is 2.39. The molecular weight excluding hydrogens is 472 g/mol. The molecule has 38 heavy (non-hydrogen) atoms. The fraction of sp³-hybridized carbons (Fsp3) is 0.0312. The zero-order valence-corrected chi connectivity index (χ0v) is 20.3. The molecule has 0 saturated carbocycles. The summed E-state index contributed by atoms with van der Waals surface area (Å²) >= 11 is 0. The number of pyridine rings is 1. The number of aromatic amines is 1. The van der Waals surface area contributed by atoms with E-state index < -0.39 is 11.2 Å². The van der Waals surface area contributed by atoms with Gasteiger partial charge in [0.2, 0.25) is 0 Å². The monoisotopic (exact) mass is 494 g/mol. The van der Waals surface area contributed by atoms with E-state index in [0.717, 1.165) is 16.7 Å². The Hall–Kier alpha value is -5.59. The highest BCUT2D eigenvalue weighted by molar-refractivity contribution is 5.80. The van der Waals surface area contributed by atoms with Crippen LogP contribution in [0.25, 0.3) is 11.1 Å². The molecule has 0 radical (unpaired) electrons. The van der Waals surface area contributed by atoms with Gasteiger partial charge in [-0.2, -0.15) is 10.5 Å². The Kier molecular flexibility index (Phi) is 6.46. The minimum atomic E-state index is -0.963. The van der Waals surface area contributed by atoms with Crippen molar-refractivity contribution in [3.05, 3.63) is 153 Å². The number of anilines is 1. The second-order valence-corrected chi connectivity index (χ2v) is 8.62. The van der Waals surface area contributed by atoms with Crippen LogP contribution in [-0.2, 0) is 5.60 Å². The molecule has 0 bridgehead atoms. The van der Waals surface area contributed by atoms with E-state index in [9.17, 15) is 15.3 Å². The van der Waals surface area contributed by atoms with Crippen molar-refractivity contribution in [2.75, 3.05) is 5.73 Å². The lowest BCUT2D eigenvalue weighted by Crippen LogP contribution is -2.36. The van der Waals surface area contributed by atoms with E-state index >= 15 is 0 Å². The van der Waals surface area contributed by atoms with Gasteiger partial charge in [-0.3, -0.25) is 4.79 Å². The summed E-state index contributed by atoms with van der Waals surface area (Å²) in [4.78, 5) is 14.7. The Morgan fingerprint density at radius 1 is 0.658 bits per heavy atom. The summed E-state index contributed by atoms with van der Waals surface area (Å²) in [5.41, 5.74) is 7.70. The number of H-pyrrole nitrogens is 1. The molecule has 6 nitrogen and oxygen atoms in total. The molecule has 3 N–H and O–H groups in total. The van der Waals surface area contributed by atoms with Crippen LogP contribution in [0, 0.1) is 22.7 Å². The van der Waals surface area contributed by atoms with Gasteiger partial charge in [0.25, 0.3) is 5.56 Å². The number of aromatic nitrogens is 1. The molecule has 0 fully saturated rings. The minimum Gasteiger partial charge on any atom is -0.473 e. The van der Waals surface area contributed by atoms with Crippen molar-refractivity contribution in [3.63, 3.8) is 0 Å². The third-order valence-corrected chi connectivity index (χ3v) is 6.42. The lowest BCUT2D eigenvalue weighted by Gasteiger charge is -2.36. The smallest absolute Gasteiger partial charge is 0.268 e. The first-order valence-corrected chi connectivity index (χ1v) is 11.9. The molecule has 0 aliphatic heterocycles. The number of nitrogens with one attached hydrogen (secondary N) is 1. The van der Waals surface area contributed by atoms with Crippen molar-refractivity contribution in [1.82, 2.24) is 4.98 Å². The molecule has 5 aromatic rings. The first kappa shape index (κ1) is 24.1. The summed E-state index contributed by atoms with van der Waals surface area (Å²) in [6, 6.07) is 40.8. The third kappa shape index (κ3) is 4.17. The molecule has 4 aromatic carbocycles. The van der Waals surface area contributed by atoms with Crippen molar-refractivity contribution in [1.29, 1.82) is 10.5 Å².